The molecule has 0 radical (unpaired) electrons. The van der Waals surface area contributed by atoms with Gasteiger partial charge in [-0.2, -0.15) is 0 Å². The van der Waals surface area contributed by atoms with E-state index in [1.54, 1.807) is 56.8 Å². The van der Waals surface area contributed by atoms with Gasteiger partial charge in [-0.3, -0.25) is 9.78 Å². The van der Waals surface area contributed by atoms with Crippen molar-refractivity contribution in [1.29, 1.82) is 0 Å². The Morgan fingerprint density at radius 2 is 1.77 bits per heavy atom. The van der Waals surface area contributed by atoms with Crippen LogP contribution in [-0.2, 0) is 11.4 Å². The Labute approximate surface area is 180 Å². The van der Waals surface area contributed by atoms with E-state index in [1.165, 1.54) is 0 Å². The lowest BCUT2D eigenvalue weighted by molar-refractivity contribution is -0.117. The summed E-state index contributed by atoms with van der Waals surface area (Å²) in [6.45, 7) is 1.91. The lowest BCUT2D eigenvalue weighted by Gasteiger charge is -2.16. The second kappa shape index (κ2) is 10.6. The van der Waals surface area contributed by atoms with Gasteiger partial charge in [0.15, 0.2) is 11.5 Å². The molecule has 3 amide bonds. The number of hydrogen-bond donors (Lipinski definition) is 3. The Morgan fingerprint density at radius 3 is 2.48 bits per heavy atom. The van der Waals surface area contributed by atoms with Gasteiger partial charge in [0, 0.05) is 35.4 Å². The molecule has 8 nitrogen and oxygen atoms in total. The number of carbonyl (C=O) groups is 2. The molecule has 3 aromatic rings. The highest BCUT2D eigenvalue weighted by Crippen LogP contribution is 2.31. The maximum atomic E-state index is 12.5. The van der Waals surface area contributed by atoms with E-state index in [-0.39, 0.29) is 5.91 Å². The summed E-state index contributed by atoms with van der Waals surface area (Å²) >= 11 is 0. The van der Waals surface area contributed by atoms with Crippen LogP contribution in [-0.4, -0.2) is 30.1 Å². The SMILES string of the molecule is COc1ccc(NC(=O)C(C)NC(=O)Nc2ccccc2)cc1OCc1cccnc1. The first kappa shape index (κ1) is 21.6. The molecule has 1 aromatic heterocycles. The number of methoxy groups -OCH3 is 1. The highest BCUT2D eigenvalue weighted by Gasteiger charge is 2.17. The van der Waals surface area contributed by atoms with E-state index in [9.17, 15) is 9.59 Å². The molecule has 160 valence electrons. The van der Waals surface area contributed by atoms with Crippen LogP contribution < -0.4 is 25.4 Å². The van der Waals surface area contributed by atoms with Crippen molar-refractivity contribution in [3.63, 3.8) is 0 Å². The molecular weight excluding hydrogens is 396 g/mol. The molecule has 31 heavy (non-hydrogen) atoms. The van der Waals surface area contributed by atoms with E-state index in [4.69, 9.17) is 9.47 Å². The summed E-state index contributed by atoms with van der Waals surface area (Å²) < 4.78 is 11.2. The standard InChI is InChI=1S/C23H24N4O4/c1-16(25-23(29)27-18-8-4-3-5-9-18)22(28)26-19-10-11-20(30-2)21(13-19)31-15-17-7-6-12-24-14-17/h3-14,16H,15H2,1-2H3,(H,26,28)(H2,25,27,29). The van der Waals surface area contributed by atoms with Crippen molar-refractivity contribution in [3.05, 3.63) is 78.6 Å². The van der Waals surface area contributed by atoms with Gasteiger partial charge in [0.05, 0.1) is 7.11 Å². The van der Waals surface area contributed by atoms with Gasteiger partial charge in [0.2, 0.25) is 5.91 Å². The van der Waals surface area contributed by atoms with Crippen molar-refractivity contribution in [1.82, 2.24) is 10.3 Å². The number of amides is 3. The fraction of sp³-hybridized carbons (Fsp3) is 0.174. The smallest absolute Gasteiger partial charge is 0.319 e. The van der Waals surface area contributed by atoms with Crippen LogP contribution in [0.2, 0.25) is 0 Å². The zero-order valence-electron chi connectivity index (χ0n) is 17.3. The Morgan fingerprint density at radius 1 is 0.968 bits per heavy atom. The van der Waals surface area contributed by atoms with E-state index < -0.39 is 12.1 Å². The highest BCUT2D eigenvalue weighted by molar-refractivity contribution is 5.99. The van der Waals surface area contributed by atoms with Gasteiger partial charge in [-0.15, -0.1) is 0 Å². The Hall–Kier alpha value is -4.07. The Bertz CT molecular complexity index is 1010. The highest BCUT2D eigenvalue weighted by atomic mass is 16.5. The molecule has 1 atom stereocenters. The van der Waals surface area contributed by atoms with E-state index in [1.807, 2.05) is 30.3 Å². The summed E-state index contributed by atoms with van der Waals surface area (Å²) in [6.07, 6.45) is 3.40. The molecule has 0 spiro atoms. The van der Waals surface area contributed by atoms with Crippen LogP contribution in [0.3, 0.4) is 0 Å². The van der Waals surface area contributed by atoms with Crippen molar-refractivity contribution in [2.75, 3.05) is 17.7 Å². The maximum absolute atomic E-state index is 12.5. The molecule has 3 N–H and O–H groups in total. The second-order valence-corrected chi connectivity index (χ2v) is 6.69. The number of para-hydroxylation sites is 1. The minimum Gasteiger partial charge on any atom is -0.493 e. The number of benzene rings is 2. The van der Waals surface area contributed by atoms with Gasteiger partial charge < -0.3 is 25.4 Å². The average Bonchev–Trinajstić information content (AvgIpc) is 2.79. The molecule has 1 unspecified atom stereocenters. The summed E-state index contributed by atoms with van der Waals surface area (Å²) in [5, 5.41) is 8.06. The topological polar surface area (TPSA) is 102 Å². The van der Waals surface area contributed by atoms with Gasteiger partial charge in [0.25, 0.3) is 0 Å². The number of nitrogens with one attached hydrogen (secondary N) is 3. The maximum Gasteiger partial charge on any atom is 0.319 e. The van der Waals surface area contributed by atoms with Crippen molar-refractivity contribution in [2.24, 2.45) is 0 Å². The van der Waals surface area contributed by atoms with Crippen molar-refractivity contribution >= 4 is 23.3 Å². The molecule has 0 saturated heterocycles. The zero-order chi connectivity index (χ0) is 22.1. The van der Waals surface area contributed by atoms with Crippen LogP contribution in [0.25, 0.3) is 0 Å². The van der Waals surface area contributed by atoms with Gasteiger partial charge >= 0.3 is 6.03 Å². The van der Waals surface area contributed by atoms with E-state index >= 15 is 0 Å². The fourth-order valence-corrected chi connectivity index (χ4v) is 2.71. The Balaban J connectivity index is 1.58. The first-order valence-electron chi connectivity index (χ1n) is 9.68. The third kappa shape index (κ3) is 6.46. The van der Waals surface area contributed by atoms with Gasteiger partial charge in [-0.1, -0.05) is 24.3 Å². The van der Waals surface area contributed by atoms with Gasteiger partial charge in [-0.25, -0.2) is 4.79 Å². The van der Waals surface area contributed by atoms with E-state index in [0.717, 1.165) is 5.56 Å². The van der Waals surface area contributed by atoms with Crippen molar-refractivity contribution in [3.8, 4) is 11.5 Å². The molecule has 0 aliphatic rings. The number of carbonyl (C=O) groups excluding carboxylic acids is 2. The second-order valence-electron chi connectivity index (χ2n) is 6.69. The molecule has 1 heterocycles. The molecule has 0 saturated carbocycles. The van der Waals surface area contributed by atoms with Gasteiger partial charge in [0.1, 0.15) is 12.6 Å². The van der Waals surface area contributed by atoms with Crippen LogP contribution in [0.1, 0.15) is 12.5 Å². The largest absolute Gasteiger partial charge is 0.493 e. The number of aromatic nitrogens is 1. The summed E-state index contributed by atoms with van der Waals surface area (Å²) in [6, 6.07) is 16.6. The minimum absolute atomic E-state index is 0.305. The molecule has 0 bridgehead atoms. The van der Waals surface area contributed by atoms with Crippen LogP contribution >= 0.6 is 0 Å². The summed E-state index contributed by atoms with van der Waals surface area (Å²) in [7, 11) is 1.54. The Kier molecular flexibility index (Phi) is 7.42. The lowest BCUT2D eigenvalue weighted by Crippen LogP contribution is -2.43. The summed E-state index contributed by atoms with van der Waals surface area (Å²) in [5.74, 6) is 0.647. The predicted octanol–water partition coefficient (Wildman–Crippen LogP) is 3.82. The summed E-state index contributed by atoms with van der Waals surface area (Å²) in [5.41, 5.74) is 2.06. The molecule has 8 heteroatoms. The molecule has 0 aliphatic carbocycles. The van der Waals surface area contributed by atoms with Crippen LogP contribution in [0.5, 0.6) is 11.5 Å². The number of hydrogen-bond acceptors (Lipinski definition) is 5. The van der Waals surface area contributed by atoms with E-state index in [2.05, 4.69) is 20.9 Å². The molecule has 2 aromatic carbocycles. The zero-order valence-corrected chi connectivity index (χ0v) is 17.3. The third-order valence-electron chi connectivity index (χ3n) is 4.32. The fourth-order valence-electron chi connectivity index (χ4n) is 2.71. The third-order valence-corrected chi connectivity index (χ3v) is 4.32. The lowest BCUT2D eigenvalue weighted by atomic mass is 10.2. The molecule has 3 rings (SSSR count). The minimum atomic E-state index is -0.759. The average molecular weight is 420 g/mol. The van der Waals surface area contributed by atoms with Crippen LogP contribution in [0.15, 0.2) is 73.1 Å². The first-order valence-corrected chi connectivity index (χ1v) is 9.68. The van der Waals surface area contributed by atoms with Crippen LogP contribution in [0, 0.1) is 0 Å². The van der Waals surface area contributed by atoms with Crippen LogP contribution in [0.4, 0.5) is 16.2 Å². The van der Waals surface area contributed by atoms with Crippen molar-refractivity contribution in [2.45, 2.75) is 19.6 Å². The van der Waals surface area contributed by atoms with Gasteiger partial charge in [-0.05, 0) is 37.3 Å². The number of urea groups is 1. The number of ether oxygens (including phenoxy) is 2. The molecule has 0 fully saturated rings. The van der Waals surface area contributed by atoms with E-state index in [0.29, 0.717) is 29.5 Å². The number of nitrogens with zero attached hydrogens (tertiary/aromatic N) is 1. The monoisotopic (exact) mass is 420 g/mol. The molecular formula is C23H24N4O4. The predicted molar refractivity (Wildman–Crippen MR) is 118 cm³/mol. The van der Waals surface area contributed by atoms with Crippen molar-refractivity contribution < 1.29 is 19.1 Å². The first-order chi connectivity index (χ1) is 15.0. The normalized spacial score (nSPS) is 11.2. The number of anilines is 2. The quantitative estimate of drug-likeness (QED) is 0.514. The number of pyridine rings is 1. The molecule has 0 aliphatic heterocycles. The summed E-state index contributed by atoms with van der Waals surface area (Å²) in [4.78, 5) is 28.7. The number of rotatable bonds is 8.